The molecular weight excluding hydrogens is 266 g/mol. The maximum atomic E-state index is 11.4. The van der Waals surface area contributed by atoms with Crippen molar-refractivity contribution in [1.29, 1.82) is 0 Å². The van der Waals surface area contributed by atoms with Crippen LogP contribution in [0, 0.1) is 0 Å². The van der Waals surface area contributed by atoms with Gasteiger partial charge in [-0.3, -0.25) is 4.72 Å². The van der Waals surface area contributed by atoms with Gasteiger partial charge in [0.1, 0.15) is 0 Å². The van der Waals surface area contributed by atoms with Gasteiger partial charge in [-0.15, -0.1) is 6.58 Å². The monoisotopic (exact) mass is 275 g/mol. The predicted octanol–water partition coefficient (Wildman–Crippen LogP) is 1.97. The molecule has 5 nitrogen and oxygen atoms in total. The van der Waals surface area contributed by atoms with E-state index >= 15 is 0 Å². The summed E-state index contributed by atoms with van der Waals surface area (Å²) in [4.78, 5) is 10.8. The molecule has 0 unspecified atom stereocenters. The highest BCUT2D eigenvalue weighted by Crippen LogP contribution is 2.21. The molecule has 0 fully saturated rings. The van der Waals surface area contributed by atoms with Crippen LogP contribution >= 0.6 is 11.6 Å². The van der Waals surface area contributed by atoms with Gasteiger partial charge in [0.2, 0.25) is 10.0 Å². The van der Waals surface area contributed by atoms with Crippen molar-refractivity contribution in [2.45, 2.75) is 0 Å². The van der Waals surface area contributed by atoms with Gasteiger partial charge in [-0.2, -0.15) is 0 Å². The summed E-state index contributed by atoms with van der Waals surface area (Å²) in [6.45, 7) is 3.31. The number of carbonyl (C=O) groups is 1. The maximum absolute atomic E-state index is 11.4. The number of nitrogens with one attached hydrogen (secondary N) is 1. The number of carboxylic acids is 1. The molecule has 0 spiro atoms. The van der Waals surface area contributed by atoms with Crippen molar-refractivity contribution in [3.8, 4) is 0 Å². The van der Waals surface area contributed by atoms with Gasteiger partial charge in [0.05, 0.1) is 16.3 Å². The van der Waals surface area contributed by atoms with Crippen molar-refractivity contribution in [1.82, 2.24) is 0 Å². The number of rotatable bonds is 5. The fourth-order valence-electron chi connectivity index (χ4n) is 1.13. The number of sulfonamides is 1. The topological polar surface area (TPSA) is 83.5 Å². The van der Waals surface area contributed by atoms with Crippen LogP contribution in [0.2, 0.25) is 5.02 Å². The molecule has 0 bridgehead atoms. The van der Waals surface area contributed by atoms with Crippen LogP contribution < -0.4 is 4.72 Å². The van der Waals surface area contributed by atoms with E-state index < -0.39 is 16.0 Å². The third-order valence-electron chi connectivity index (χ3n) is 1.81. The van der Waals surface area contributed by atoms with Crippen LogP contribution in [0.5, 0.6) is 0 Å². The first kappa shape index (κ1) is 13.5. The second-order valence-corrected chi connectivity index (χ2v) is 5.35. The van der Waals surface area contributed by atoms with Crippen molar-refractivity contribution in [3.63, 3.8) is 0 Å². The molecule has 1 rings (SSSR count). The molecule has 0 aromatic heterocycles. The van der Waals surface area contributed by atoms with E-state index in [4.69, 9.17) is 16.7 Å². The molecule has 0 saturated carbocycles. The molecule has 0 aliphatic heterocycles. The van der Waals surface area contributed by atoms with Gasteiger partial charge in [0.15, 0.2) is 0 Å². The fraction of sp³-hybridized carbons (Fsp3) is 0.100. The number of hydrogen-bond donors (Lipinski definition) is 2. The Morgan fingerprint density at radius 3 is 2.71 bits per heavy atom. The number of carboxylic acid groups (broad SMARTS) is 1. The number of benzene rings is 1. The minimum Gasteiger partial charge on any atom is -0.478 e. The van der Waals surface area contributed by atoms with Crippen LogP contribution in [0.4, 0.5) is 5.69 Å². The maximum Gasteiger partial charge on any atom is 0.337 e. The summed E-state index contributed by atoms with van der Waals surface area (Å²) in [6.07, 6.45) is 1.23. The Labute approximate surface area is 104 Å². The van der Waals surface area contributed by atoms with Crippen LogP contribution in [0.25, 0.3) is 0 Å². The van der Waals surface area contributed by atoms with Crippen LogP contribution in [0.15, 0.2) is 30.9 Å². The van der Waals surface area contributed by atoms with Gasteiger partial charge in [0.25, 0.3) is 0 Å². The zero-order chi connectivity index (χ0) is 13.1. The van der Waals surface area contributed by atoms with Crippen molar-refractivity contribution in [2.75, 3.05) is 10.5 Å². The zero-order valence-corrected chi connectivity index (χ0v) is 10.3. The Kier molecular flexibility index (Phi) is 4.14. The molecule has 92 valence electrons. The molecule has 17 heavy (non-hydrogen) atoms. The van der Waals surface area contributed by atoms with Gasteiger partial charge >= 0.3 is 5.97 Å². The molecule has 0 radical (unpaired) electrons. The highest BCUT2D eigenvalue weighted by molar-refractivity contribution is 7.92. The highest BCUT2D eigenvalue weighted by Gasteiger charge is 2.12. The molecule has 2 N–H and O–H groups in total. The van der Waals surface area contributed by atoms with E-state index in [0.717, 1.165) is 6.07 Å². The Balaban J connectivity index is 3.05. The molecular formula is C10H10ClNO4S. The Bertz CT molecular complexity index is 553. The van der Waals surface area contributed by atoms with Gasteiger partial charge < -0.3 is 5.11 Å². The zero-order valence-electron chi connectivity index (χ0n) is 8.68. The first-order valence-electron chi connectivity index (χ1n) is 4.50. The van der Waals surface area contributed by atoms with Crippen LogP contribution in [0.1, 0.15) is 10.4 Å². The van der Waals surface area contributed by atoms with Crippen LogP contribution in [-0.4, -0.2) is 25.2 Å². The Morgan fingerprint density at radius 1 is 1.53 bits per heavy atom. The minimum absolute atomic E-state index is 0.0455. The second kappa shape index (κ2) is 5.20. The summed E-state index contributed by atoms with van der Waals surface area (Å²) >= 11 is 5.65. The molecule has 1 aromatic carbocycles. The Hall–Kier alpha value is -1.53. The average molecular weight is 276 g/mol. The first-order valence-corrected chi connectivity index (χ1v) is 6.53. The average Bonchev–Trinajstić information content (AvgIpc) is 2.20. The minimum atomic E-state index is -3.54. The lowest BCUT2D eigenvalue weighted by molar-refractivity contribution is 0.0697. The summed E-state index contributed by atoms with van der Waals surface area (Å²) in [6, 6.07) is 3.86. The predicted molar refractivity (Wildman–Crippen MR) is 66.0 cm³/mol. The van der Waals surface area contributed by atoms with Gasteiger partial charge in [-0.1, -0.05) is 17.7 Å². The van der Waals surface area contributed by atoms with Crippen molar-refractivity contribution in [2.24, 2.45) is 0 Å². The number of halogens is 1. The Morgan fingerprint density at radius 2 is 2.18 bits per heavy atom. The van der Waals surface area contributed by atoms with E-state index in [-0.39, 0.29) is 22.0 Å². The third-order valence-corrected chi connectivity index (χ3v) is 3.36. The standard InChI is InChI=1S/C10H10ClNO4S/c1-2-5-17(15,16)12-7-3-4-9(11)8(6-7)10(13)14/h2-4,6,12H,1,5H2,(H,13,14). The van der Waals surface area contributed by atoms with E-state index in [1.165, 1.54) is 18.2 Å². The molecule has 1 aromatic rings. The van der Waals surface area contributed by atoms with Crippen LogP contribution in [0.3, 0.4) is 0 Å². The molecule has 0 amide bonds. The van der Waals surface area contributed by atoms with Crippen molar-refractivity contribution in [3.05, 3.63) is 41.4 Å². The second-order valence-electron chi connectivity index (χ2n) is 3.17. The highest BCUT2D eigenvalue weighted by atomic mass is 35.5. The van der Waals surface area contributed by atoms with Crippen molar-refractivity contribution < 1.29 is 18.3 Å². The smallest absolute Gasteiger partial charge is 0.337 e. The van der Waals surface area contributed by atoms with Crippen molar-refractivity contribution >= 4 is 33.3 Å². The molecule has 0 heterocycles. The molecule has 7 heteroatoms. The lowest BCUT2D eigenvalue weighted by Crippen LogP contribution is -2.15. The lowest BCUT2D eigenvalue weighted by atomic mass is 10.2. The SMILES string of the molecule is C=CCS(=O)(=O)Nc1ccc(Cl)c(C(=O)O)c1. The molecule has 0 atom stereocenters. The largest absolute Gasteiger partial charge is 0.478 e. The first-order chi connectivity index (χ1) is 7.85. The summed E-state index contributed by atoms with van der Waals surface area (Å²) < 4.78 is 25.0. The quantitative estimate of drug-likeness (QED) is 0.805. The normalized spacial score (nSPS) is 10.9. The molecule has 0 aliphatic carbocycles. The number of aromatic carboxylic acids is 1. The number of hydrogen-bond acceptors (Lipinski definition) is 3. The van der Waals surface area contributed by atoms with E-state index in [0.29, 0.717) is 0 Å². The fourth-order valence-corrected chi connectivity index (χ4v) is 2.21. The van der Waals surface area contributed by atoms with E-state index in [2.05, 4.69) is 11.3 Å². The van der Waals surface area contributed by atoms with E-state index in [1.54, 1.807) is 0 Å². The molecule has 0 aliphatic rings. The van der Waals surface area contributed by atoms with E-state index in [1.807, 2.05) is 0 Å². The summed E-state index contributed by atoms with van der Waals surface area (Å²) in [7, 11) is -3.54. The summed E-state index contributed by atoms with van der Waals surface area (Å²) in [5.41, 5.74) is -0.0147. The summed E-state index contributed by atoms with van der Waals surface area (Å²) in [5, 5.41) is 8.86. The summed E-state index contributed by atoms with van der Waals surface area (Å²) in [5.74, 6) is -1.47. The van der Waals surface area contributed by atoms with Gasteiger partial charge in [-0.05, 0) is 18.2 Å². The lowest BCUT2D eigenvalue weighted by Gasteiger charge is -2.07. The van der Waals surface area contributed by atoms with Crippen LogP contribution in [-0.2, 0) is 10.0 Å². The molecule has 0 saturated heterocycles. The van der Waals surface area contributed by atoms with Gasteiger partial charge in [0, 0.05) is 5.69 Å². The third kappa shape index (κ3) is 3.76. The van der Waals surface area contributed by atoms with E-state index in [9.17, 15) is 13.2 Å². The number of anilines is 1. The van der Waals surface area contributed by atoms with Gasteiger partial charge in [-0.25, -0.2) is 13.2 Å².